The van der Waals surface area contributed by atoms with Crippen molar-refractivity contribution in [2.45, 2.75) is 108 Å². The minimum Gasteiger partial charge on any atom is -0.442 e. The summed E-state index contributed by atoms with van der Waals surface area (Å²) in [7, 11) is -8.33. The number of nitrogens with one attached hydrogen (secondary N) is 1. The number of hydrogen-bond donors (Lipinski definition) is 2. The molecule has 0 saturated heterocycles. The molecule has 0 spiro atoms. The van der Waals surface area contributed by atoms with E-state index in [2.05, 4.69) is 15.5 Å². The van der Waals surface area contributed by atoms with E-state index in [1.807, 2.05) is 0 Å². The molecule has 5 aromatic rings. The number of aromatic nitrogens is 5. The number of nitrogens with two attached hydrogens (primary N) is 1. The Hall–Kier alpha value is -5.54. The molecule has 1 aliphatic carbocycles. The first-order valence-electron chi connectivity index (χ1n) is 21.7. The molecule has 1 amide bonds. The fraction of sp³-hybridized carbons (Fsp3) is 0.477. The van der Waals surface area contributed by atoms with E-state index in [1.165, 1.54) is 39.8 Å². The molecule has 0 radical (unpaired) electrons. The van der Waals surface area contributed by atoms with Crippen LogP contribution in [0.15, 0.2) is 42.5 Å². The van der Waals surface area contributed by atoms with Gasteiger partial charge in [-0.25, -0.2) is 29.9 Å². The van der Waals surface area contributed by atoms with E-state index in [1.54, 1.807) is 0 Å². The van der Waals surface area contributed by atoms with Gasteiger partial charge in [-0.2, -0.15) is 45.3 Å². The van der Waals surface area contributed by atoms with Crippen molar-refractivity contribution >= 4 is 60.1 Å². The molecule has 28 heteroatoms. The molecule has 0 unspecified atom stereocenters. The van der Waals surface area contributed by atoms with E-state index >= 15 is 8.78 Å². The number of alkyl halides is 8. The summed E-state index contributed by atoms with van der Waals surface area (Å²) in [6, 6.07) is 4.07. The van der Waals surface area contributed by atoms with Crippen LogP contribution in [-0.2, 0) is 78.6 Å². The lowest BCUT2D eigenvalue weighted by molar-refractivity contribution is -0.144. The highest BCUT2D eigenvalue weighted by atomic mass is 35.5. The van der Waals surface area contributed by atoms with E-state index in [9.17, 15) is 61.5 Å². The van der Waals surface area contributed by atoms with Gasteiger partial charge in [0.1, 0.15) is 36.5 Å². The third kappa shape index (κ3) is 11.9. The molecule has 394 valence electrons. The molecular formula is C44H47ClF10N8O7S2. The number of esters is 1. The number of hydrogen-bond acceptors (Lipinski definition) is 11. The van der Waals surface area contributed by atoms with Crippen molar-refractivity contribution in [1.29, 1.82) is 0 Å². The molecule has 0 bridgehead atoms. The van der Waals surface area contributed by atoms with Crippen LogP contribution in [0.25, 0.3) is 22.0 Å². The number of fused-ring (bicyclic) bond motifs is 2. The van der Waals surface area contributed by atoms with Gasteiger partial charge in [0.05, 0.1) is 38.7 Å². The van der Waals surface area contributed by atoms with Gasteiger partial charge in [0.15, 0.2) is 28.1 Å². The summed E-state index contributed by atoms with van der Waals surface area (Å²) in [6.45, 7) is 1.02. The predicted octanol–water partition coefficient (Wildman–Crippen LogP) is 7.95. The second kappa shape index (κ2) is 20.1. The Morgan fingerprint density at radius 3 is 2.15 bits per heavy atom. The molecule has 15 nitrogen and oxygen atoms in total. The molecular weight excluding hydrogens is 1040 g/mol. The Labute approximate surface area is 411 Å². The monoisotopic (exact) mass is 1090 g/mol. The van der Waals surface area contributed by atoms with Crippen LogP contribution >= 0.6 is 11.6 Å². The number of halogens is 11. The summed E-state index contributed by atoms with van der Waals surface area (Å²) in [4.78, 5) is 31.3. The van der Waals surface area contributed by atoms with E-state index in [4.69, 9.17) is 27.1 Å². The SMILES string of the molecule is CC[C@@H]1Cc2c(C(F)(F)F)nn(CC(=O)N[C@@H](Cc3cc(F)cc(F)c3)c3nc(CCC(C)(C)S(C)(=O)=O)ccc3-c3ccc(Cl)c4c(N(COC(=O)[C@H](C)N)S(C)(=O)=O)nn(CC(F)(F)F)c34)c2C1(F)F. The standard InChI is InChI=1S/C44H47ClF10N8O7S2/c1-7-24-17-30-37(44(53,54)55)59-61(38(30)43(24,51)52)19-33(64)58-32(16-23-14-25(46)18-26(47)15-23)35-28(9-8-27(57-35)12-13-41(3,4)71(5,66)67)29-10-11-31(45)34-36(29)62(20-42(48,49)50)60-39(34)63(72(6,68)69)21-70-40(65)22(2)56/h8-11,14-15,18,22,24,32H,7,12-13,16-17,19-21,56H2,1-6H3,(H,58,64)/t22-,24+,32-/m0/s1. The number of benzene rings is 2. The van der Waals surface area contributed by atoms with Gasteiger partial charge in [-0.05, 0) is 82.7 Å². The number of nitrogens with zero attached hydrogens (tertiary/aromatic N) is 6. The quantitative estimate of drug-likeness (QED) is 0.0490. The van der Waals surface area contributed by atoms with Gasteiger partial charge >= 0.3 is 18.3 Å². The van der Waals surface area contributed by atoms with Gasteiger partial charge in [-0.1, -0.05) is 30.7 Å². The van der Waals surface area contributed by atoms with E-state index in [-0.39, 0.29) is 52.0 Å². The van der Waals surface area contributed by atoms with Gasteiger partial charge in [0.2, 0.25) is 15.9 Å². The van der Waals surface area contributed by atoms with Gasteiger partial charge in [0, 0.05) is 40.6 Å². The molecule has 0 saturated carbocycles. The van der Waals surface area contributed by atoms with Crippen LogP contribution in [0, 0.1) is 17.6 Å². The van der Waals surface area contributed by atoms with Gasteiger partial charge in [0.25, 0.3) is 5.92 Å². The number of amides is 1. The van der Waals surface area contributed by atoms with Crippen LogP contribution in [0.5, 0.6) is 0 Å². The Morgan fingerprint density at radius 2 is 1.60 bits per heavy atom. The zero-order valence-electron chi connectivity index (χ0n) is 39.0. The normalized spacial score (nSPS) is 16.2. The Bertz CT molecular complexity index is 3120. The zero-order chi connectivity index (χ0) is 53.8. The lowest BCUT2D eigenvalue weighted by atomic mass is 9.93. The second-order valence-corrected chi connectivity index (χ2v) is 23.0. The molecule has 0 fully saturated rings. The average Bonchev–Trinajstić information content (AvgIpc) is 3.87. The second-order valence-electron chi connectivity index (χ2n) is 18.0. The van der Waals surface area contributed by atoms with Crippen molar-refractivity contribution in [3.05, 3.63) is 93.0 Å². The van der Waals surface area contributed by atoms with E-state index in [0.29, 0.717) is 21.3 Å². The first-order chi connectivity index (χ1) is 33.0. The average molecular weight is 1090 g/mol. The molecule has 3 N–H and O–H groups in total. The van der Waals surface area contributed by atoms with Crippen LogP contribution in [0.1, 0.15) is 80.5 Å². The highest BCUT2D eigenvalue weighted by molar-refractivity contribution is 7.92. The van der Waals surface area contributed by atoms with Crippen molar-refractivity contribution in [2.24, 2.45) is 11.7 Å². The molecule has 3 heterocycles. The van der Waals surface area contributed by atoms with Crippen molar-refractivity contribution in [3.8, 4) is 11.1 Å². The number of rotatable bonds is 18. The van der Waals surface area contributed by atoms with Crippen LogP contribution in [0.2, 0.25) is 5.02 Å². The molecule has 3 aromatic heterocycles. The lowest BCUT2D eigenvalue weighted by Gasteiger charge is -2.25. The molecule has 2 aromatic carbocycles. The Morgan fingerprint density at radius 1 is 0.972 bits per heavy atom. The van der Waals surface area contributed by atoms with Gasteiger partial charge < -0.3 is 15.8 Å². The summed E-state index contributed by atoms with van der Waals surface area (Å²) < 4.78 is 204. The summed E-state index contributed by atoms with van der Waals surface area (Å²) in [5, 5.41) is 8.98. The van der Waals surface area contributed by atoms with Crippen molar-refractivity contribution in [1.82, 2.24) is 29.9 Å². The topological polar surface area (TPSA) is 201 Å². The fourth-order valence-electron chi connectivity index (χ4n) is 8.20. The number of pyridine rings is 1. The minimum absolute atomic E-state index is 0.0639. The van der Waals surface area contributed by atoms with Crippen LogP contribution in [0.3, 0.4) is 0 Å². The summed E-state index contributed by atoms with van der Waals surface area (Å²) in [5.74, 6) is -10.9. The first kappa shape index (κ1) is 55.8. The van der Waals surface area contributed by atoms with Crippen molar-refractivity contribution < 1.29 is 75.1 Å². The van der Waals surface area contributed by atoms with Gasteiger partial charge in [-0.3, -0.25) is 23.9 Å². The Balaban J connectivity index is 1.62. The molecule has 6 rings (SSSR count). The molecule has 3 atom stereocenters. The number of carbonyl (C=O) groups excluding carboxylic acids is 2. The first-order valence-corrected chi connectivity index (χ1v) is 25.8. The molecule has 1 aliphatic rings. The van der Waals surface area contributed by atoms with Gasteiger partial charge in [-0.15, -0.1) is 0 Å². The highest BCUT2D eigenvalue weighted by Gasteiger charge is 2.55. The number of sulfonamides is 1. The Kier molecular flexibility index (Phi) is 15.5. The van der Waals surface area contributed by atoms with E-state index in [0.717, 1.165) is 30.5 Å². The highest BCUT2D eigenvalue weighted by Crippen LogP contribution is 2.51. The minimum atomic E-state index is -5.23. The number of aryl methyl sites for hydroxylation is 1. The van der Waals surface area contributed by atoms with Crippen LogP contribution in [0.4, 0.5) is 49.7 Å². The maximum atomic E-state index is 15.8. The number of anilines is 1. The summed E-state index contributed by atoms with van der Waals surface area (Å²) >= 11 is 6.64. The smallest absolute Gasteiger partial charge is 0.435 e. The van der Waals surface area contributed by atoms with Crippen LogP contribution < -0.4 is 15.4 Å². The summed E-state index contributed by atoms with van der Waals surface area (Å²) in [6.07, 6.45) is -10.6. The number of ether oxygens (including phenoxy) is 1. The maximum Gasteiger partial charge on any atom is 0.435 e. The van der Waals surface area contributed by atoms with Crippen LogP contribution in [-0.4, -0.2) is 89.5 Å². The van der Waals surface area contributed by atoms with Crippen molar-refractivity contribution in [3.63, 3.8) is 0 Å². The third-order valence-electron chi connectivity index (χ3n) is 12.2. The fourth-order valence-corrected chi connectivity index (χ4v) is 9.60. The zero-order valence-corrected chi connectivity index (χ0v) is 41.4. The third-order valence-corrected chi connectivity index (χ3v) is 15.8. The number of carbonyl (C=O) groups is 2. The maximum absolute atomic E-state index is 15.8. The lowest BCUT2D eigenvalue weighted by Crippen LogP contribution is -2.37. The number of sulfone groups is 1. The summed E-state index contributed by atoms with van der Waals surface area (Å²) in [5.41, 5.74) is 0.392. The predicted molar refractivity (Wildman–Crippen MR) is 243 cm³/mol. The van der Waals surface area contributed by atoms with Crippen molar-refractivity contribution in [2.75, 3.05) is 23.5 Å². The largest absolute Gasteiger partial charge is 0.442 e. The molecule has 72 heavy (non-hydrogen) atoms. The molecule has 0 aliphatic heterocycles. The van der Waals surface area contributed by atoms with E-state index < -0.39 is 156 Å².